The molecular weight excluding hydrogens is 567 g/mol. The van der Waals surface area contributed by atoms with E-state index in [1.54, 1.807) is 10.6 Å². The molecule has 2 aliphatic rings. The highest BCUT2D eigenvalue weighted by atomic mass is 19.3. The second kappa shape index (κ2) is 11.8. The Bertz CT molecular complexity index is 1520. The van der Waals surface area contributed by atoms with Gasteiger partial charge in [0.25, 0.3) is 0 Å². The normalized spacial score (nSPS) is 17.2. The summed E-state index contributed by atoms with van der Waals surface area (Å²) in [6.07, 6.45) is -2.03. The summed E-state index contributed by atoms with van der Waals surface area (Å²) in [6.45, 7) is 8.93. The standard InChI is InChI=1S/C31H36F3N3O6/c1-4-10-41-11-9-35-16-21(39)17-37-24-15-22(32)23(12-19(24)13-27(37)29(2,3)18-38)36-28(40)30(7-8-30)20-5-6-25-26(14-20)43-31(33,34)42-25/h4-6,12-15,21,35,38-39H,1,7-11,16-18H2,2-3H3,(H,36,40)/t21-/m0/s1. The number of rotatable bonds is 14. The minimum absolute atomic E-state index is 0.0386. The molecule has 12 heteroatoms. The third kappa shape index (κ3) is 6.37. The first-order valence-corrected chi connectivity index (χ1v) is 14.1. The number of amides is 1. The van der Waals surface area contributed by atoms with Gasteiger partial charge in [0.05, 0.1) is 49.1 Å². The molecule has 1 fully saturated rings. The summed E-state index contributed by atoms with van der Waals surface area (Å²) in [7, 11) is 0. The summed E-state index contributed by atoms with van der Waals surface area (Å²) >= 11 is 0. The Morgan fingerprint density at radius 1 is 1.21 bits per heavy atom. The number of ether oxygens (including phenoxy) is 3. The van der Waals surface area contributed by atoms with Crippen LogP contribution < -0.4 is 20.1 Å². The van der Waals surface area contributed by atoms with Gasteiger partial charge in [-0.15, -0.1) is 15.4 Å². The SMILES string of the molecule is C=CCOCCNC[C@H](O)Cn1c(C(C)(C)CO)cc2cc(NC(=O)C3(c4ccc5c(c4)OC(F)(F)O5)CC3)c(F)cc21. The molecule has 5 rings (SSSR count). The minimum atomic E-state index is -3.77. The number of hydrogen-bond acceptors (Lipinski definition) is 7. The van der Waals surface area contributed by atoms with Gasteiger partial charge >= 0.3 is 6.29 Å². The van der Waals surface area contributed by atoms with Gasteiger partial charge in [-0.05, 0) is 42.7 Å². The van der Waals surface area contributed by atoms with Crippen LogP contribution in [0.25, 0.3) is 10.9 Å². The summed E-state index contributed by atoms with van der Waals surface area (Å²) in [6, 6.07) is 8.86. The lowest BCUT2D eigenvalue weighted by molar-refractivity contribution is -0.286. The summed E-state index contributed by atoms with van der Waals surface area (Å²) < 4.78 is 58.6. The number of alkyl halides is 2. The number of aliphatic hydroxyl groups excluding tert-OH is 2. The molecule has 232 valence electrons. The Balaban J connectivity index is 1.36. The maximum Gasteiger partial charge on any atom is 0.586 e. The number of carbonyl (C=O) groups excluding carboxylic acids is 1. The lowest BCUT2D eigenvalue weighted by Crippen LogP contribution is -2.34. The van der Waals surface area contributed by atoms with Gasteiger partial charge in [-0.3, -0.25) is 4.79 Å². The maximum absolute atomic E-state index is 15.5. The molecule has 0 unspecified atom stereocenters. The summed E-state index contributed by atoms with van der Waals surface area (Å²) in [5.41, 5.74) is -0.0987. The van der Waals surface area contributed by atoms with E-state index in [2.05, 4.69) is 26.7 Å². The van der Waals surface area contributed by atoms with E-state index in [1.165, 1.54) is 30.3 Å². The van der Waals surface area contributed by atoms with Crippen molar-refractivity contribution in [3.63, 3.8) is 0 Å². The van der Waals surface area contributed by atoms with E-state index in [4.69, 9.17) is 4.74 Å². The van der Waals surface area contributed by atoms with Crippen molar-refractivity contribution in [3.8, 4) is 11.5 Å². The van der Waals surface area contributed by atoms with Crippen LogP contribution in [0, 0.1) is 5.82 Å². The molecule has 1 amide bonds. The second-order valence-corrected chi connectivity index (χ2v) is 11.7. The van der Waals surface area contributed by atoms with Crippen molar-refractivity contribution >= 4 is 22.5 Å². The summed E-state index contributed by atoms with van der Waals surface area (Å²) in [5.74, 6) is -1.43. The van der Waals surface area contributed by atoms with E-state index in [0.717, 1.165) is 0 Å². The van der Waals surface area contributed by atoms with Gasteiger partial charge in [0.15, 0.2) is 11.5 Å². The fourth-order valence-corrected chi connectivity index (χ4v) is 5.33. The van der Waals surface area contributed by atoms with Gasteiger partial charge in [-0.2, -0.15) is 0 Å². The van der Waals surface area contributed by atoms with Crippen molar-refractivity contribution in [1.82, 2.24) is 9.88 Å². The van der Waals surface area contributed by atoms with E-state index in [-0.39, 0.29) is 36.9 Å². The number of nitrogens with zero attached hydrogens (tertiary/aromatic N) is 1. The van der Waals surface area contributed by atoms with Crippen molar-refractivity contribution in [3.05, 3.63) is 66.1 Å². The highest BCUT2D eigenvalue weighted by molar-refractivity contribution is 6.03. The molecular formula is C31H36F3N3O6. The van der Waals surface area contributed by atoms with Crippen LogP contribution in [0.4, 0.5) is 18.9 Å². The molecule has 9 nitrogen and oxygen atoms in total. The second-order valence-electron chi connectivity index (χ2n) is 11.7. The molecule has 2 aromatic carbocycles. The van der Waals surface area contributed by atoms with Gasteiger partial charge in [0.2, 0.25) is 5.91 Å². The van der Waals surface area contributed by atoms with Gasteiger partial charge in [-0.25, -0.2) is 4.39 Å². The predicted octanol–water partition coefficient (Wildman–Crippen LogP) is 4.20. The average Bonchev–Trinajstić information content (AvgIpc) is 3.61. The lowest BCUT2D eigenvalue weighted by atomic mass is 9.90. The molecule has 4 N–H and O–H groups in total. The Morgan fingerprint density at radius 3 is 2.65 bits per heavy atom. The Hall–Kier alpha value is -3.58. The smallest absolute Gasteiger partial charge is 0.395 e. The van der Waals surface area contributed by atoms with E-state index in [1.807, 2.05) is 19.9 Å². The fraction of sp³-hybridized carbons (Fsp3) is 0.452. The minimum Gasteiger partial charge on any atom is -0.395 e. The third-order valence-corrected chi connectivity index (χ3v) is 7.90. The van der Waals surface area contributed by atoms with Gasteiger partial charge in [-0.1, -0.05) is 26.0 Å². The van der Waals surface area contributed by atoms with E-state index in [9.17, 15) is 23.8 Å². The first kappa shape index (κ1) is 30.9. The summed E-state index contributed by atoms with van der Waals surface area (Å²) in [4.78, 5) is 13.4. The Labute approximate surface area is 247 Å². The molecule has 43 heavy (non-hydrogen) atoms. The zero-order valence-electron chi connectivity index (χ0n) is 24.1. The molecule has 1 saturated carbocycles. The molecule has 0 spiro atoms. The molecule has 1 aliphatic carbocycles. The number of benzene rings is 2. The summed E-state index contributed by atoms with van der Waals surface area (Å²) in [5, 5.41) is 27.3. The highest BCUT2D eigenvalue weighted by Crippen LogP contribution is 2.52. The predicted molar refractivity (Wildman–Crippen MR) is 154 cm³/mol. The number of carbonyl (C=O) groups is 1. The topological polar surface area (TPSA) is 114 Å². The van der Waals surface area contributed by atoms with Crippen LogP contribution in [-0.2, 0) is 26.9 Å². The quantitative estimate of drug-likeness (QED) is 0.161. The molecule has 3 aromatic rings. The van der Waals surface area contributed by atoms with Crippen molar-refractivity contribution in [2.75, 3.05) is 38.2 Å². The molecule has 0 bridgehead atoms. The van der Waals surface area contributed by atoms with Gasteiger partial charge < -0.3 is 39.6 Å². The molecule has 1 atom stereocenters. The van der Waals surface area contributed by atoms with Crippen molar-refractivity contribution in [1.29, 1.82) is 0 Å². The molecule has 0 saturated heterocycles. The number of aliphatic hydroxyl groups is 2. The first-order chi connectivity index (χ1) is 20.4. The molecule has 1 aromatic heterocycles. The molecule has 0 radical (unpaired) electrons. The van der Waals surface area contributed by atoms with E-state index < -0.39 is 35.0 Å². The largest absolute Gasteiger partial charge is 0.586 e. The molecule has 2 heterocycles. The van der Waals surface area contributed by atoms with E-state index in [0.29, 0.717) is 54.8 Å². The number of fused-ring (bicyclic) bond motifs is 2. The van der Waals surface area contributed by atoms with Crippen LogP contribution >= 0.6 is 0 Å². The van der Waals surface area contributed by atoms with Crippen molar-refractivity contribution in [2.45, 2.75) is 56.5 Å². The van der Waals surface area contributed by atoms with Crippen molar-refractivity contribution in [2.24, 2.45) is 0 Å². The Morgan fingerprint density at radius 2 is 1.95 bits per heavy atom. The van der Waals surface area contributed by atoms with Gasteiger partial charge in [0, 0.05) is 35.7 Å². The zero-order valence-corrected chi connectivity index (χ0v) is 24.1. The number of hydrogen-bond donors (Lipinski definition) is 4. The highest BCUT2D eigenvalue weighted by Gasteiger charge is 2.53. The number of halogens is 3. The monoisotopic (exact) mass is 603 g/mol. The van der Waals surface area contributed by atoms with Crippen LogP contribution in [-0.4, -0.2) is 66.0 Å². The Kier molecular flexibility index (Phi) is 8.50. The van der Waals surface area contributed by atoms with Crippen LogP contribution in [0.3, 0.4) is 0 Å². The number of anilines is 1. The average molecular weight is 604 g/mol. The fourth-order valence-electron chi connectivity index (χ4n) is 5.33. The van der Waals surface area contributed by atoms with Crippen LogP contribution in [0.15, 0.2) is 49.1 Å². The molecule has 1 aliphatic heterocycles. The van der Waals surface area contributed by atoms with Crippen LogP contribution in [0.1, 0.15) is 37.9 Å². The van der Waals surface area contributed by atoms with Gasteiger partial charge in [0.1, 0.15) is 5.82 Å². The maximum atomic E-state index is 15.5. The number of nitrogens with one attached hydrogen (secondary N) is 2. The zero-order chi connectivity index (χ0) is 31.0. The van der Waals surface area contributed by atoms with Crippen LogP contribution in [0.5, 0.6) is 11.5 Å². The first-order valence-electron chi connectivity index (χ1n) is 14.1. The van der Waals surface area contributed by atoms with Crippen LogP contribution in [0.2, 0.25) is 0 Å². The van der Waals surface area contributed by atoms with E-state index >= 15 is 4.39 Å². The van der Waals surface area contributed by atoms with Crippen molar-refractivity contribution < 1.29 is 42.4 Å². The third-order valence-electron chi connectivity index (χ3n) is 7.90. The number of aromatic nitrogens is 1. The lowest BCUT2D eigenvalue weighted by Gasteiger charge is -2.26.